The van der Waals surface area contributed by atoms with E-state index in [0.717, 1.165) is 17.8 Å². The van der Waals surface area contributed by atoms with Crippen LogP contribution in [0.2, 0.25) is 0 Å². The van der Waals surface area contributed by atoms with Crippen molar-refractivity contribution in [1.82, 2.24) is 19.9 Å². The molecule has 0 aliphatic heterocycles. The second kappa shape index (κ2) is 6.99. The highest BCUT2D eigenvalue weighted by molar-refractivity contribution is 5.94. The zero-order valence-electron chi connectivity index (χ0n) is 12.6. The van der Waals surface area contributed by atoms with Crippen LogP contribution in [-0.4, -0.2) is 27.0 Å². The van der Waals surface area contributed by atoms with Gasteiger partial charge in [0.25, 0.3) is 5.91 Å². The summed E-state index contributed by atoms with van der Waals surface area (Å²) in [5.74, 6) is -1.80. The van der Waals surface area contributed by atoms with Crippen molar-refractivity contribution < 1.29 is 13.6 Å². The molecule has 0 fully saturated rings. The first kappa shape index (κ1) is 15.8. The average molecular weight is 328 g/mol. The smallest absolute Gasteiger partial charge is 0.251 e. The van der Waals surface area contributed by atoms with E-state index in [1.54, 1.807) is 18.6 Å². The molecule has 0 atom stereocenters. The molecule has 0 spiro atoms. The largest absolute Gasteiger partial charge is 0.350 e. The maximum atomic E-state index is 13.2. The fraction of sp³-hybridized carbons (Fsp3) is 0.118. The summed E-state index contributed by atoms with van der Waals surface area (Å²) in [5.41, 5.74) is 0.805. The third-order valence-electron chi connectivity index (χ3n) is 3.43. The molecule has 0 aliphatic rings. The Kier molecular flexibility index (Phi) is 4.60. The standard InChI is InChI=1S/C17H14F2N4O/c18-13-5-4-12(11-14(13)19)17(24)22-8-10-23-9-7-21-16(23)15-3-1-2-6-20-15/h1-7,9,11H,8,10H2,(H,22,24). The number of hydrogen-bond donors (Lipinski definition) is 1. The van der Waals surface area contributed by atoms with Crippen molar-refractivity contribution in [1.29, 1.82) is 0 Å². The van der Waals surface area contributed by atoms with E-state index in [-0.39, 0.29) is 5.56 Å². The summed E-state index contributed by atoms with van der Waals surface area (Å²) in [4.78, 5) is 20.5. The molecule has 7 heteroatoms. The summed E-state index contributed by atoms with van der Waals surface area (Å²) in [5, 5.41) is 2.67. The highest BCUT2D eigenvalue weighted by atomic mass is 19.2. The number of carbonyl (C=O) groups is 1. The Morgan fingerprint density at radius 2 is 1.96 bits per heavy atom. The molecule has 122 valence electrons. The van der Waals surface area contributed by atoms with Gasteiger partial charge in [0, 0.05) is 37.2 Å². The van der Waals surface area contributed by atoms with E-state index in [9.17, 15) is 13.6 Å². The van der Waals surface area contributed by atoms with Gasteiger partial charge in [-0.1, -0.05) is 6.07 Å². The van der Waals surface area contributed by atoms with Gasteiger partial charge in [-0.3, -0.25) is 9.78 Å². The summed E-state index contributed by atoms with van der Waals surface area (Å²) < 4.78 is 27.9. The van der Waals surface area contributed by atoms with Crippen molar-refractivity contribution in [3.63, 3.8) is 0 Å². The number of nitrogens with zero attached hydrogens (tertiary/aromatic N) is 3. The lowest BCUT2D eigenvalue weighted by atomic mass is 10.2. The highest BCUT2D eigenvalue weighted by Crippen LogP contribution is 2.13. The van der Waals surface area contributed by atoms with E-state index in [2.05, 4.69) is 15.3 Å². The maximum absolute atomic E-state index is 13.2. The highest BCUT2D eigenvalue weighted by Gasteiger charge is 2.10. The molecule has 1 N–H and O–H groups in total. The number of amides is 1. The van der Waals surface area contributed by atoms with Crippen LogP contribution in [-0.2, 0) is 6.54 Å². The summed E-state index contributed by atoms with van der Waals surface area (Å²) in [7, 11) is 0. The van der Waals surface area contributed by atoms with E-state index in [1.165, 1.54) is 6.07 Å². The topological polar surface area (TPSA) is 59.8 Å². The zero-order chi connectivity index (χ0) is 16.9. The first-order valence-electron chi connectivity index (χ1n) is 7.31. The Balaban J connectivity index is 1.62. The molecule has 3 rings (SSSR count). The van der Waals surface area contributed by atoms with Crippen LogP contribution in [0.3, 0.4) is 0 Å². The van der Waals surface area contributed by atoms with Crippen LogP contribution >= 0.6 is 0 Å². The Bertz CT molecular complexity index is 849. The Morgan fingerprint density at radius 1 is 1.08 bits per heavy atom. The maximum Gasteiger partial charge on any atom is 0.251 e. The molecule has 2 heterocycles. The van der Waals surface area contributed by atoms with Crippen molar-refractivity contribution in [2.45, 2.75) is 6.54 Å². The normalized spacial score (nSPS) is 10.6. The molecule has 2 aromatic heterocycles. The lowest BCUT2D eigenvalue weighted by Gasteiger charge is -2.09. The van der Waals surface area contributed by atoms with Gasteiger partial charge in [0.2, 0.25) is 0 Å². The molecule has 0 radical (unpaired) electrons. The van der Waals surface area contributed by atoms with E-state index in [4.69, 9.17) is 0 Å². The van der Waals surface area contributed by atoms with Crippen molar-refractivity contribution in [3.05, 3.63) is 72.2 Å². The number of benzene rings is 1. The molecule has 0 saturated heterocycles. The fourth-order valence-corrected chi connectivity index (χ4v) is 2.25. The van der Waals surface area contributed by atoms with Crippen LogP contribution in [0.4, 0.5) is 8.78 Å². The molecule has 1 amide bonds. The molecule has 0 unspecified atom stereocenters. The number of pyridine rings is 1. The van der Waals surface area contributed by atoms with Crippen molar-refractivity contribution in [2.24, 2.45) is 0 Å². The van der Waals surface area contributed by atoms with Crippen molar-refractivity contribution in [2.75, 3.05) is 6.54 Å². The van der Waals surface area contributed by atoms with E-state index < -0.39 is 17.5 Å². The molecular weight excluding hydrogens is 314 g/mol. The number of carbonyl (C=O) groups excluding carboxylic acids is 1. The Hall–Kier alpha value is -3.09. The lowest BCUT2D eigenvalue weighted by molar-refractivity contribution is 0.0951. The van der Waals surface area contributed by atoms with Gasteiger partial charge in [0.05, 0.1) is 0 Å². The summed E-state index contributed by atoms with van der Waals surface area (Å²) in [6.45, 7) is 0.787. The minimum absolute atomic E-state index is 0.0736. The van der Waals surface area contributed by atoms with Crippen LogP contribution in [0.15, 0.2) is 55.0 Å². The first-order valence-corrected chi connectivity index (χ1v) is 7.31. The van der Waals surface area contributed by atoms with E-state index >= 15 is 0 Å². The quantitative estimate of drug-likeness (QED) is 0.783. The second-order valence-corrected chi connectivity index (χ2v) is 5.04. The monoisotopic (exact) mass is 328 g/mol. The van der Waals surface area contributed by atoms with Crippen LogP contribution in [0, 0.1) is 11.6 Å². The van der Waals surface area contributed by atoms with Crippen LogP contribution in [0.25, 0.3) is 11.5 Å². The predicted molar refractivity (Wildman–Crippen MR) is 84.1 cm³/mol. The molecule has 24 heavy (non-hydrogen) atoms. The average Bonchev–Trinajstić information content (AvgIpc) is 3.06. The third kappa shape index (κ3) is 3.45. The predicted octanol–water partition coefficient (Wildman–Crippen LogP) is 2.65. The number of rotatable bonds is 5. The Morgan fingerprint density at radius 3 is 2.71 bits per heavy atom. The van der Waals surface area contributed by atoms with Gasteiger partial charge in [0.1, 0.15) is 5.69 Å². The van der Waals surface area contributed by atoms with Gasteiger partial charge in [-0.25, -0.2) is 13.8 Å². The summed E-state index contributed by atoms with van der Waals surface area (Å²) in [6.07, 6.45) is 5.12. The molecular formula is C17H14F2N4O. The molecule has 0 aliphatic carbocycles. The van der Waals surface area contributed by atoms with Gasteiger partial charge in [-0.05, 0) is 30.3 Å². The molecule has 3 aromatic rings. The summed E-state index contributed by atoms with van der Waals surface area (Å²) in [6, 6.07) is 8.58. The van der Waals surface area contributed by atoms with Crippen LogP contribution < -0.4 is 5.32 Å². The number of imidazole rings is 1. The summed E-state index contributed by atoms with van der Waals surface area (Å²) >= 11 is 0. The lowest BCUT2D eigenvalue weighted by Crippen LogP contribution is -2.27. The minimum atomic E-state index is -1.05. The second-order valence-electron chi connectivity index (χ2n) is 5.04. The molecule has 1 aromatic carbocycles. The number of nitrogens with one attached hydrogen (secondary N) is 1. The number of halogens is 2. The molecule has 0 saturated carbocycles. The van der Waals surface area contributed by atoms with E-state index in [0.29, 0.717) is 18.9 Å². The van der Waals surface area contributed by atoms with Crippen molar-refractivity contribution >= 4 is 5.91 Å². The zero-order valence-corrected chi connectivity index (χ0v) is 12.6. The number of hydrogen-bond acceptors (Lipinski definition) is 3. The van der Waals surface area contributed by atoms with Crippen LogP contribution in [0.5, 0.6) is 0 Å². The number of aromatic nitrogens is 3. The van der Waals surface area contributed by atoms with Gasteiger partial charge in [-0.2, -0.15) is 0 Å². The third-order valence-corrected chi connectivity index (χ3v) is 3.43. The minimum Gasteiger partial charge on any atom is -0.350 e. The van der Waals surface area contributed by atoms with Crippen LogP contribution in [0.1, 0.15) is 10.4 Å². The van der Waals surface area contributed by atoms with Crippen molar-refractivity contribution in [3.8, 4) is 11.5 Å². The van der Waals surface area contributed by atoms with E-state index in [1.807, 2.05) is 22.8 Å². The van der Waals surface area contributed by atoms with Gasteiger partial charge < -0.3 is 9.88 Å². The molecule has 5 nitrogen and oxygen atoms in total. The van der Waals surface area contributed by atoms with Gasteiger partial charge in [0.15, 0.2) is 17.5 Å². The Labute approximate surface area is 137 Å². The first-order chi connectivity index (χ1) is 11.6. The fourth-order valence-electron chi connectivity index (χ4n) is 2.25. The van der Waals surface area contributed by atoms with Gasteiger partial charge in [-0.15, -0.1) is 0 Å². The SMILES string of the molecule is O=C(NCCn1ccnc1-c1ccccn1)c1ccc(F)c(F)c1. The van der Waals surface area contributed by atoms with Gasteiger partial charge >= 0.3 is 0 Å². The molecule has 0 bridgehead atoms.